The Bertz CT molecular complexity index is 403. The lowest BCUT2D eigenvalue weighted by atomic mass is 10.2. The molecule has 0 aromatic heterocycles. The first-order valence-corrected chi connectivity index (χ1v) is 4.40. The molecule has 1 atom stereocenters. The van der Waals surface area contributed by atoms with Crippen molar-refractivity contribution in [2.24, 2.45) is 16.0 Å². The van der Waals surface area contributed by atoms with Crippen molar-refractivity contribution in [3.8, 4) is 0 Å². The highest BCUT2D eigenvalue weighted by Gasteiger charge is 2.30. The molecule has 2 N–H and O–H groups in total. The van der Waals surface area contributed by atoms with Crippen LogP contribution < -0.4 is 5.73 Å². The fraction of sp³-hybridized carbons (Fsp3) is 0.143. The summed E-state index contributed by atoms with van der Waals surface area (Å²) >= 11 is 3.26. The van der Waals surface area contributed by atoms with Gasteiger partial charge in [0.05, 0.1) is 4.76 Å². The van der Waals surface area contributed by atoms with Crippen LogP contribution in [0.4, 0.5) is 11.4 Å². The monoisotopic (exact) mass is 241 g/mol. The number of hydrogen-bond acceptors (Lipinski definition) is 4. The number of hydrogen-bond donors (Lipinski definition) is 1. The number of nitroso groups, excluding NO2 is 1. The normalized spacial score (nSPS) is 20.2. The largest absolute Gasteiger partial charge is 0.373 e. The van der Waals surface area contributed by atoms with Crippen molar-refractivity contribution in [1.82, 2.24) is 0 Å². The SMILES string of the molecule is NC1N=Nc2ccc(Br)cc2[N+]1=O. The summed E-state index contributed by atoms with van der Waals surface area (Å²) in [7, 11) is 0. The van der Waals surface area contributed by atoms with E-state index in [1.165, 1.54) is 0 Å². The quantitative estimate of drug-likeness (QED) is 0.708. The van der Waals surface area contributed by atoms with Crippen molar-refractivity contribution in [2.75, 3.05) is 0 Å². The third kappa shape index (κ3) is 1.38. The molecule has 1 aromatic carbocycles. The minimum atomic E-state index is -0.929. The van der Waals surface area contributed by atoms with Gasteiger partial charge in [-0.1, -0.05) is 21.0 Å². The Kier molecular flexibility index (Phi) is 1.93. The van der Waals surface area contributed by atoms with Gasteiger partial charge in [-0.15, -0.1) is 5.11 Å². The highest BCUT2D eigenvalue weighted by molar-refractivity contribution is 9.10. The maximum Gasteiger partial charge on any atom is 0.373 e. The fourth-order valence-corrected chi connectivity index (χ4v) is 1.42. The lowest BCUT2D eigenvalue weighted by Crippen LogP contribution is -2.28. The second kappa shape index (κ2) is 2.97. The maximum absolute atomic E-state index is 11.4. The number of rotatable bonds is 0. The van der Waals surface area contributed by atoms with Crippen molar-refractivity contribution in [3.05, 3.63) is 27.6 Å². The predicted octanol–water partition coefficient (Wildman–Crippen LogP) is 2.20. The van der Waals surface area contributed by atoms with Crippen LogP contribution in [0.3, 0.4) is 0 Å². The molecule has 1 aliphatic rings. The van der Waals surface area contributed by atoms with Gasteiger partial charge in [-0.05, 0) is 12.1 Å². The van der Waals surface area contributed by atoms with E-state index in [9.17, 15) is 4.91 Å². The summed E-state index contributed by atoms with van der Waals surface area (Å²) < 4.78 is 1.45. The second-order valence-corrected chi connectivity index (χ2v) is 3.50. The smallest absolute Gasteiger partial charge is 0.247 e. The molecule has 13 heavy (non-hydrogen) atoms. The minimum absolute atomic E-state index is 0.442. The molecule has 0 bridgehead atoms. The summed E-state index contributed by atoms with van der Waals surface area (Å²) in [6, 6.07) is 5.17. The minimum Gasteiger partial charge on any atom is -0.247 e. The molecule has 2 rings (SSSR count). The first kappa shape index (κ1) is 8.46. The molecule has 1 heterocycles. The Hall–Kier alpha value is -1.14. The van der Waals surface area contributed by atoms with Crippen molar-refractivity contribution in [1.29, 1.82) is 0 Å². The van der Waals surface area contributed by atoms with Gasteiger partial charge >= 0.3 is 6.29 Å². The molecule has 5 nitrogen and oxygen atoms in total. The van der Waals surface area contributed by atoms with Crippen molar-refractivity contribution in [2.45, 2.75) is 6.29 Å². The van der Waals surface area contributed by atoms with Gasteiger partial charge in [0.2, 0.25) is 0 Å². The molecule has 0 saturated carbocycles. The van der Waals surface area contributed by atoms with Gasteiger partial charge in [-0.3, -0.25) is 0 Å². The van der Waals surface area contributed by atoms with Gasteiger partial charge in [0, 0.05) is 15.4 Å². The topological polar surface area (TPSA) is 70.8 Å². The lowest BCUT2D eigenvalue weighted by Gasteiger charge is -2.04. The van der Waals surface area contributed by atoms with Gasteiger partial charge in [0.15, 0.2) is 5.69 Å². The Morgan fingerprint density at radius 2 is 2.31 bits per heavy atom. The van der Waals surface area contributed by atoms with Crippen LogP contribution in [0.1, 0.15) is 0 Å². The van der Waals surface area contributed by atoms with Crippen molar-refractivity contribution in [3.63, 3.8) is 0 Å². The Labute approximate surface area is 82.3 Å². The van der Waals surface area contributed by atoms with Crippen LogP contribution in [-0.2, 0) is 0 Å². The van der Waals surface area contributed by atoms with Gasteiger partial charge < -0.3 is 0 Å². The van der Waals surface area contributed by atoms with Crippen molar-refractivity contribution < 1.29 is 4.76 Å². The number of benzene rings is 1. The average Bonchev–Trinajstić information content (AvgIpc) is 2.12. The Morgan fingerprint density at radius 1 is 1.54 bits per heavy atom. The molecule has 0 spiro atoms. The number of fused-ring (bicyclic) bond motifs is 1. The molecule has 6 heteroatoms. The van der Waals surface area contributed by atoms with E-state index >= 15 is 0 Å². The van der Waals surface area contributed by atoms with Crippen LogP contribution in [0.15, 0.2) is 32.9 Å². The molecule has 66 valence electrons. The van der Waals surface area contributed by atoms with Gasteiger partial charge in [0.1, 0.15) is 0 Å². The molecular formula is C7H6BrN4O+. The summed E-state index contributed by atoms with van der Waals surface area (Å²) in [5, 5.41) is 7.39. The van der Waals surface area contributed by atoms with E-state index < -0.39 is 6.29 Å². The molecule has 0 radical (unpaired) electrons. The van der Waals surface area contributed by atoms with Crippen LogP contribution in [0.5, 0.6) is 0 Å². The first-order valence-electron chi connectivity index (χ1n) is 3.61. The van der Waals surface area contributed by atoms with Crippen LogP contribution in [0.25, 0.3) is 0 Å². The zero-order valence-electron chi connectivity index (χ0n) is 6.51. The number of nitrogens with zero attached hydrogens (tertiary/aromatic N) is 3. The van der Waals surface area contributed by atoms with E-state index in [1.54, 1.807) is 18.2 Å². The van der Waals surface area contributed by atoms with Crippen LogP contribution in [-0.4, -0.2) is 11.0 Å². The maximum atomic E-state index is 11.4. The Morgan fingerprint density at radius 3 is 3.08 bits per heavy atom. The summed E-state index contributed by atoms with van der Waals surface area (Å²) in [4.78, 5) is 11.4. The third-order valence-corrected chi connectivity index (χ3v) is 2.19. The van der Waals surface area contributed by atoms with Crippen LogP contribution in [0, 0.1) is 4.91 Å². The standard InChI is InChI=1S/C7H6BrN4O/c8-4-1-2-5-6(3-4)12(13)7(9)11-10-5/h1-3,7H,9H2/q+1. The van der Waals surface area contributed by atoms with Gasteiger partial charge in [-0.2, -0.15) is 0 Å². The van der Waals surface area contributed by atoms with E-state index in [-0.39, 0.29) is 0 Å². The summed E-state index contributed by atoms with van der Waals surface area (Å²) in [6.45, 7) is 0. The molecule has 0 aliphatic carbocycles. The zero-order chi connectivity index (χ0) is 9.42. The molecule has 1 aliphatic heterocycles. The molecule has 0 fully saturated rings. The molecule has 1 aromatic rings. The summed E-state index contributed by atoms with van der Waals surface area (Å²) in [6.07, 6.45) is -0.929. The van der Waals surface area contributed by atoms with Gasteiger partial charge in [-0.25, -0.2) is 5.73 Å². The highest BCUT2D eigenvalue weighted by atomic mass is 79.9. The van der Waals surface area contributed by atoms with Crippen molar-refractivity contribution >= 4 is 27.3 Å². The first-order chi connectivity index (χ1) is 6.18. The molecular weight excluding hydrogens is 236 g/mol. The van der Waals surface area contributed by atoms with E-state index in [1.807, 2.05) is 0 Å². The number of azo groups is 1. The van der Waals surface area contributed by atoms with E-state index in [4.69, 9.17) is 5.73 Å². The van der Waals surface area contributed by atoms with E-state index in [0.717, 1.165) is 4.47 Å². The van der Waals surface area contributed by atoms with Gasteiger partial charge in [0.25, 0.3) is 5.69 Å². The molecule has 0 saturated heterocycles. The number of halogens is 1. The second-order valence-electron chi connectivity index (χ2n) is 2.59. The summed E-state index contributed by atoms with van der Waals surface area (Å²) in [5.41, 5.74) is 6.36. The Balaban J connectivity index is 2.60. The van der Waals surface area contributed by atoms with E-state index in [0.29, 0.717) is 16.1 Å². The molecule has 1 unspecified atom stereocenters. The fourth-order valence-electron chi connectivity index (χ4n) is 1.07. The lowest BCUT2D eigenvalue weighted by molar-refractivity contribution is -0.506. The zero-order valence-corrected chi connectivity index (χ0v) is 8.10. The average molecular weight is 242 g/mol. The number of nitrogens with two attached hydrogens (primary N) is 1. The van der Waals surface area contributed by atoms with Crippen LogP contribution in [0.2, 0.25) is 0 Å². The molecule has 0 amide bonds. The summed E-state index contributed by atoms with van der Waals surface area (Å²) in [5.74, 6) is 0. The third-order valence-electron chi connectivity index (χ3n) is 1.70. The highest BCUT2D eigenvalue weighted by Crippen LogP contribution is 2.34. The predicted molar refractivity (Wildman–Crippen MR) is 49.9 cm³/mol. The van der Waals surface area contributed by atoms with E-state index in [2.05, 4.69) is 26.2 Å². The van der Waals surface area contributed by atoms with Crippen LogP contribution >= 0.6 is 15.9 Å².